The summed E-state index contributed by atoms with van der Waals surface area (Å²) in [6, 6.07) is 55.5. The summed E-state index contributed by atoms with van der Waals surface area (Å²) in [5.74, 6) is 2.55. The molecule has 0 amide bonds. The van der Waals surface area contributed by atoms with Crippen LogP contribution in [-0.2, 0) is 5.41 Å². The van der Waals surface area contributed by atoms with Gasteiger partial charge in [0.15, 0.2) is 5.82 Å². The molecule has 2 aliphatic carbocycles. The Bertz CT molecular complexity index is 2690. The van der Waals surface area contributed by atoms with Crippen LogP contribution in [0.5, 0.6) is 11.5 Å². The van der Waals surface area contributed by atoms with Crippen LogP contribution in [0.2, 0.25) is 0 Å². The largest absolute Gasteiger partial charge is 0.457 e. The van der Waals surface area contributed by atoms with Crippen LogP contribution in [0, 0.1) is 24.2 Å². The molecule has 0 saturated carbocycles. The van der Waals surface area contributed by atoms with Crippen LogP contribution in [-0.4, -0.2) is 9.97 Å². The zero-order valence-electron chi connectivity index (χ0n) is 30.0. The van der Waals surface area contributed by atoms with Gasteiger partial charge in [0.2, 0.25) is 0 Å². The molecule has 4 heteroatoms. The van der Waals surface area contributed by atoms with Crippen LogP contribution in [0.1, 0.15) is 41.2 Å². The molecule has 0 radical (unpaired) electrons. The van der Waals surface area contributed by atoms with Gasteiger partial charge in [0.05, 0.1) is 22.9 Å². The van der Waals surface area contributed by atoms with Gasteiger partial charge < -0.3 is 4.74 Å². The van der Waals surface area contributed by atoms with Gasteiger partial charge in [-0.05, 0) is 70.9 Å². The highest BCUT2D eigenvalue weighted by molar-refractivity contribution is 5.99. The number of rotatable bonds is 4. The third-order valence-electron chi connectivity index (χ3n) is 11.5. The quantitative estimate of drug-likeness (QED) is 0.184. The van der Waals surface area contributed by atoms with Gasteiger partial charge in [-0.1, -0.05) is 146 Å². The molecule has 1 atom stereocenters. The molecule has 54 heavy (non-hydrogen) atoms. The van der Waals surface area contributed by atoms with E-state index in [9.17, 15) is 5.26 Å². The Morgan fingerprint density at radius 3 is 1.78 bits per heavy atom. The molecular formula is C50H35N3O. The number of para-hydroxylation sites is 2. The molecule has 0 fully saturated rings. The molecule has 1 spiro atoms. The molecule has 6 aromatic carbocycles. The molecule has 3 aliphatic rings. The van der Waals surface area contributed by atoms with Crippen molar-refractivity contribution in [1.82, 2.24) is 9.97 Å². The van der Waals surface area contributed by atoms with Crippen LogP contribution < -0.4 is 4.74 Å². The van der Waals surface area contributed by atoms with Crippen LogP contribution in [0.25, 0.3) is 50.6 Å². The van der Waals surface area contributed by atoms with Gasteiger partial charge in [-0.2, -0.15) is 5.26 Å². The zero-order valence-corrected chi connectivity index (χ0v) is 30.0. The second-order valence-corrected chi connectivity index (χ2v) is 14.5. The van der Waals surface area contributed by atoms with Gasteiger partial charge in [-0.25, -0.2) is 9.97 Å². The lowest BCUT2D eigenvalue weighted by atomic mass is 9.63. The Morgan fingerprint density at radius 2 is 1.15 bits per heavy atom. The lowest BCUT2D eigenvalue weighted by Crippen LogP contribution is -2.34. The van der Waals surface area contributed by atoms with Crippen molar-refractivity contribution in [3.8, 4) is 62.6 Å². The highest BCUT2D eigenvalue weighted by atomic mass is 16.5. The minimum absolute atomic E-state index is 0.0995. The fourth-order valence-electron chi connectivity index (χ4n) is 9.00. The van der Waals surface area contributed by atoms with Gasteiger partial charge in [0, 0.05) is 39.0 Å². The van der Waals surface area contributed by atoms with Gasteiger partial charge in [-0.3, -0.25) is 0 Å². The highest BCUT2D eigenvalue weighted by Crippen LogP contribution is 2.64. The van der Waals surface area contributed by atoms with Gasteiger partial charge in [-0.15, -0.1) is 0 Å². The van der Waals surface area contributed by atoms with E-state index in [1.807, 2.05) is 36.4 Å². The third-order valence-corrected chi connectivity index (χ3v) is 11.5. The van der Waals surface area contributed by atoms with Crippen LogP contribution in [0.4, 0.5) is 0 Å². The Kier molecular flexibility index (Phi) is 7.32. The Balaban J connectivity index is 1.17. The summed E-state index contributed by atoms with van der Waals surface area (Å²) in [7, 11) is 0. The topological polar surface area (TPSA) is 58.8 Å². The van der Waals surface area contributed by atoms with E-state index in [0.717, 1.165) is 85.0 Å². The van der Waals surface area contributed by atoms with Crippen molar-refractivity contribution in [1.29, 1.82) is 5.26 Å². The first-order chi connectivity index (χ1) is 26.6. The molecule has 1 aliphatic heterocycles. The number of hydrogen-bond donors (Lipinski definition) is 0. The summed E-state index contributed by atoms with van der Waals surface area (Å²) in [6.45, 7) is 4.29. The van der Waals surface area contributed by atoms with Gasteiger partial charge in [0.1, 0.15) is 11.5 Å². The maximum Gasteiger partial charge on any atom is 0.160 e. The van der Waals surface area contributed by atoms with Crippen molar-refractivity contribution in [3.63, 3.8) is 0 Å². The van der Waals surface area contributed by atoms with Crippen LogP contribution >= 0.6 is 0 Å². The molecule has 0 saturated heterocycles. The summed E-state index contributed by atoms with van der Waals surface area (Å²) in [6.07, 6.45) is 2.95. The SMILES string of the molecule is Cc1c(-c2ccccc2)nc(-c2ccccc2)nc1-c1ccc(-c2cccc3c2C2=C(CC(C)C(C#N)=C2)C32c3ccccc3Oc3ccccc32)cc1. The first-order valence-electron chi connectivity index (χ1n) is 18.5. The number of nitrogens with zero attached hydrogens (tertiary/aromatic N) is 3. The standard InChI is InChI=1S/C50H35N3O/c1-31-28-43-39(29-37(31)30-51)46-38(18-13-21-42(46)50(43)40-19-9-11-22-44(40)54-45-23-12-10-20-41(45)50)33-24-26-35(27-25-33)48-32(2)47(34-14-5-3-6-15-34)52-49(53-48)36-16-7-4-8-17-36/h3-27,29,31H,28H2,1-2H3. The average molecular weight is 694 g/mol. The van der Waals surface area contributed by atoms with E-state index in [0.29, 0.717) is 5.82 Å². The van der Waals surface area contributed by atoms with Crippen LogP contribution in [0.3, 0.4) is 0 Å². The molecule has 7 aromatic rings. The number of ether oxygens (including phenoxy) is 1. The summed E-state index contributed by atoms with van der Waals surface area (Å²) in [5.41, 5.74) is 15.7. The van der Waals surface area contributed by atoms with E-state index in [2.05, 4.69) is 141 Å². The molecule has 1 unspecified atom stereocenters. The van der Waals surface area contributed by atoms with Crippen molar-refractivity contribution in [2.75, 3.05) is 0 Å². The highest BCUT2D eigenvalue weighted by Gasteiger charge is 2.53. The lowest BCUT2D eigenvalue weighted by Gasteiger charge is -2.41. The van der Waals surface area contributed by atoms with E-state index in [1.54, 1.807) is 0 Å². The fraction of sp³-hybridized carbons (Fsp3) is 0.100. The van der Waals surface area contributed by atoms with Crippen molar-refractivity contribution in [2.45, 2.75) is 25.7 Å². The minimum atomic E-state index is -0.544. The molecular weight excluding hydrogens is 659 g/mol. The second-order valence-electron chi connectivity index (χ2n) is 14.5. The first-order valence-corrected chi connectivity index (χ1v) is 18.5. The molecule has 0 bridgehead atoms. The lowest BCUT2D eigenvalue weighted by molar-refractivity contribution is 0.429. The monoisotopic (exact) mass is 693 g/mol. The summed E-state index contributed by atoms with van der Waals surface area (Å²) in [4.78, 5) is 10.2. The Hall–Kier alpha value is -6.83. The molecule has 2 heterocycles. The Morgan fingerprint density at radius 1 is 0.611 bits per heavy atom. The van der Waals surface area contributed by atoms with E-state index in [4.69, 9.17) is 14.7 Å². The third kappa shape index (κ3) is 4.68. The number of benzene rings is 6. The van der Waals surface area contributed by atoms with E-state index in [-0.39, 0.29) is 5.92 Å². The molecule has 4 nitrogen and oxygen atoms in total. The van der Waals surface area contributed by atoms with E-state index >= 15 is 0 Å². The molecule has 10 rings (SSSR count). The predicted octanol–water partition coefficient (Wildman–Crippen LogP) is 12.2. The van der Waals surface area contributed by atoms with Crippen molar-refractivity contribution in [2.24, 2.45) is 5.92 Å². The number of allylic oxidation sites excluding steroid dienone is 4. The van der Waals surface area contributed by atoms with Crippen molar-refractivity contribution in [3.05, 3.63) is 197 Å². The van der Waals surface area contributed by atoms with Gasteiger partial charge in [0.25, 0.3) is 0 Å². The first kappa shape index (κ1) is 31.9. The summed E-state index contributed by atoms with van der Waals surface area (Å²) < 4.78 is 6.58. The second kappa shape index (κ2) is 12.4. The molecule has 256 valence electrons. The number of fused-ring (bicyclic) bond motifs is 8. The Labute approximate surface area is 315 Å². The van der Waals surface area contributed by atoms with Gasteiger partial charge >= 0.3 is 0 Å². The minimum Gasteiger partial charge on any atom is -0.457 e. The molecule has 1 aromatic heterocycles. The van der Waals surface area contributed by atoms with Crippen LogP contribution in [0.15, 0.2) is 169 Å². The number of nitriles is 1. The molecule has 0 N–H and O–H groups in total. The summed E-state index contributed by atoms with van der Waals surface area (Å²) >= 11 is 0. The summed E-state index contributed by atoms with van der Waals surface area (Å²) in [5, 5.41) is 10.3. The van der Waals surface area contributed by atoms with E-state index in [1.165, 1.54) is 16.7 Å². The van der Waals surface area contributed by atoms with E-state index < -0.39 is 5.41 Å². The zero-order chi connectivity index (χ0) is 36.4. The smallest absolute Gasteiger partial charge is 0.160 e. The van der Waals surface area contributed by atoms with Crippen molar-refractivity contribution >= 4 is 5.57 Å². The normalized spacial score (nSPS) is 16.0. The maximum atomic E-state index is 10.3. The number of aromatic nitrogens is 2. The predicted molar refractivity (Wildman–Crippen MR) is 216 cm³/mol. The fourth-order valence-corrected chi connectivity index (χ4v) is 9.00. The maximum absolute atomic E-state index is 10.3. The van der Waals surface area contributed by atoms with Crippen molar-refractivity contribution < 1.29 is 4.74 Å². The average Bonchev–Trinajstić information content (AvgIpc) is 3.50. The number of hydrogen-bond acceptors (Lipinski definition) is 4.